The van der Waals surface area contributed by atoms with Crippen molar-refractivity contribution in [2.75, 3.05) is 5.32 Å². The smallest absolute Gasteiger partial charge is 0.244 e. The first-order valence-electron chi connectivity index (χ1n) is 8.96. The van der Waals surface area contributed by atoms with Gasteiger partial charge in [-0.05, 0) is 54.6 Å². The third-order valence-corrected chi connectivity index (χ3v) is 5.07. The predicted octanol–water partition coefficient (Wildman–Crippen LogP) is 5.67. The van der Waals surface area contributed by atoms with Gasteiger partial charge in [-0.1, -0.05) is 45.7 Å². The van der Waals surface area contributed by atoms with E-state index < -0.39 is 0 Å². The van der Waals surface area contributed by atoms with Crippen LogP contribution < -0.4 is 10.1 Å². The number of benzene rings is 3. The number of anilines is 1. The molecule has 3 aromatic carbocycles. The summed E-state index contributed by atoms with van der Waals surface area (Å²) < 4.78 is 8.63. The van der Waals surface area contributed by atoms with E-state index >= 15 is 0 Å². The van der Waals surface area contributed by atoms with Crippen molar-refractivity contribution < 1.29 is 9.53 Å². The zero-order chi connectivity index (χ0) is 20.2. The third-order valence-electron chi connectivity index (χ3n) is 4.33. The predicted molar refractivity (Wildman–Crippen MR) is 118 cm³/mol. The molecule has 29 heavy (non-hydrogen) atoms. The number of para-hydroxylation sites is 2. The van der Waals surface area contributed by atoms with Crippen molar-refractivity contribution in [3.63, 3.8) is 0 Å². The number of ether oxygens (including phenoxy) is 1. The van der Waals surface area contributed by atoms with E-state index in [1.54, 1.807) is 24.3 Å². The summed E-state index contributed by atoms with van der Waals surface area (Å²) in [4.78, 5) is 17.3. The molecule has 0 radical (unpaired) electrons. The van der Waals surface area contributed by atoms with E-state index in [0.29, 0.717) is 16.6 Å². The lowest BCUT2D eigenvalue weighted by atomic mass is 10.3. The summed E-state index contributed by atoms with van der Waals surface area (Å²) in [7, 11) is 0. The summed E-state index contributed by atoms with van der Waals surface area (Å²) in [6.07, 6.45) is 0. The maximum atomic E-state index is 12.7. The molecular formula is C22H17BrClN3O2. The van der Waals surface area contributed by atoms with Gasteiger partial charge < -0.3 is 14.6 Å². The summed E-state index contributed by atoms with van der Waals surface area (Å²) in [5.41, 5.74) is 2.43. The number of nitrogens with one attached hydrogen (secondary N) is 1. The Hall–Kier alpha value is -2.83. The molecule has 0 aliphatic carbocycles. The topological polar surface area (TPSA) is 56.2 Å². The van der Waals surface area contributed by atoms with Gasteiger partial charge in [-0.3, -0.25) is 4.79 Å². The molecule has 0 fully saturated rings. The van der Waals surface area contributed by atoms with Crippen molar-refractivity contribution in [2.45, 2.75) is 13.2 Å². The second-order valence-corrected chi connectivity index (χ2v) is 7.76. The minimum absolute atomic E-state index is 0.131. The first-order chi connectivity index (χ1) is 14.1. The molecule has 0 spiro atoms. The van der Waals surface area contributed by atoms with Gasteiger partial charge >= 0.3 is 0 Å². The van der Waals surface area contributed by atoms with Crippen LogP contribution >= 0.6 is 27.5 Å². The second-order valence-electron chi connectivity index (χ2n) is 6.40. The fourth-order valence-electron chi connectivity index (χ4n) is 3.00. The number of carbonyl (C=O) groups is 1. The van der Waals surface area contributed by atoms with Crippen LogP contribution in [0, 0.1) is 0 Å². The van der Waals surface area contributed by atoms with Gasteiger partial charge in [0.1, 0.15) is 24.7 Å². The standard InChI is InChI=1S/C22H17BrClN3O2/c23-15-4-3-5-17(12-15)25-22(28)13-27-20-7-2-1-6-19(20)26-21(27)14-29-18-10-8-16(24)9-11-18/h1-12H,13-14H2,(H,25,28). The Morgan fingerprint density at radius 1 is 1.07 bits per heavy atom. The zero-order valence-electron chi connectivity index (χ0n) is 15.3. The Labute approximate surface area is 181 Å². The first-order valence-corrected chi connectivity index (χ1v) is 10.1. The third kappa shape index (κ3) is 4.78. The number of amides is 1. The number of rotatable bonds is 6. The van der Waals surface area contributed by atoms with Gasteiger partial charge in [-0.2, -0.15) is 0 Å². The molecule has 146 valence electrons. The molecule has 0 aliphatic rings. The average Bonchev–Trinajstić information content (AvgIpc) is 3.05. The van der Waals surface area contributed by atoms with E-state index in [1.807, 2.05) is 53.1 Å². The van der Waals surface area contributed by atoms with Crippen LogP contribution in [0.2, 0.25) is 5.02 Å². The first kappa shape index (κ1) is 19.5. The van der Waals surface area contributed by atoms with Crippen molar-refractivity contribution in [2.24, 2.45) is 0 Å². The van der Waals surface area contributed by atoms with Gasteiger partial charge in [-0.15, -0.1) is 0 Å². The number of fused-ring (bicyclic) bond motifs is 1. The Morgan fingerprint density at radius 2 is 1.86 bits per heavy atom. The van der Waals surface area contributed by atoms with Gasteiger partial charge in [-0.25, -0.2) is 4.98 Å². The lowest BCUT2D eigenvalue weighted by molar-refractivity contribution is -0.116. The van der Waals surface area contributed by atoms with Crippen LogP contribution in [0.4, 0.5) is 5.69 Å². The molecule has 0 aliphatic heterocycles. The highest BCUT2D eigenvalue weighted by atomic mass is 79.9. The highest BCUT2D eigenvalue weighted by Crippen LogP contribution is 2.21. The molecule has 0 bridgehead atoms. The van der Waals surface area contributed by atoms with E-state index in [2.05, 4.69) is 26.2 Å². The molecule has 0 saturated carbocycles. The van der Waals surface area contributed by atoms with Crippen molar-refractivity contribution >= 4 is 50.2 Å². The summed E-state index contributed by atoms with van der Waals surface area (Å²) in [5.74, 6) is 1.22. The molecule has 1 amide bonds. The lowest BCUT2D eigenvalue weighted by Gasteiger charge is -2.11. The second kappa shape index (κ2) is 8.68. The van der Waals surface area contributed by atoms with Crippen molar-refractivity contribution in [3.05, 3.63) is 88.1 Å². The van der Waals surface area contributed by atoms with E-state index in [1.165, 1.54) is 0 Å². The van der Waals surface area contributed by atoms with Crippen LogP contribution in [0.25, 0.3) is 11.0 Å². The number of hydrogen-bond acceptors (Lipinski definition) is 3. The van der Waals surface area contributed by atoms with Crippen LogP contribution in [0.5, 0.6) is 5.75 Å². The van der Waals surface area contributed by atoms with Gasteiger partial charge in [0, 0.05) is 15.2 Å². The molecule has 4 rings (SSSR count). The van der Waals surface area contributed by atoms with Crippen LogP contribution in [0.15, 0.2) is 77.3 Å². The Bertz CT molecular complexity index is 1160. The van der Waals surface area contributed by atoms with E-state index in [-0.39, 0.29) is 19.1 Å². The molecule has 1 aromatic heterocycles. The number of carbonyl (C=O) groups excluding carboxylic acids is 1. The maximum Gasteiger partial charge on any atom is 0.244 e. The molecule has 0 atom stereocenters. The van der Waals surface area contributed by atoms with Crippen LogP contribution in [-0.4, -0.2) is 15.5 Å². The van der Waals surface area contributed by atoms with Gasteiger partial charge in [0.2, 0.25) is 5.91 Å². The lowest BCUT2D eigenvalue weighted by Crippen LogP contribution is -2.20. The number of aromatic nitrogens is 2. The quantitative estimate of drug-likeness (QED) is 0.395. The normalized spacial score (nSPS) is 10.8. The van der Waals surface area contributed by atoms with E-state index in [9.17, 15) is 4.79 Å². The monoisotopic (exact) mass is 469 g/mol. The molecule has 4 aromatic rings. The Balaban J connectivity index is 1.56. The maximum absolute atomic E-state index is 12.7. The van der Waals surface area contributed by atoms with Gasteiger partial charge in [0.25, 0.3) is 0 Å². The van der Waals surface area contributed by atoms with E-state index in [4.69, 9.17) is 16.3 Å². The van der Waals surface area contributed by atoms with Crippen LogP contribution in [-0.2, 0) is 17.9 Å². The minimum Gasteiger partial charge on any atom is -0.486 e. The Kier molecular flexibility index (Phi) is 5.83. The largest absolute Gasteiger partial charge is 0.486 e. The molecule has 7 heteroatoms. The van der Waals surface area contributed by atoms with Crippen LogP contribution in [0.1, 0.15) is 5.82 Å². The van der Waals surface area contributed by atoms with Crippen LogP contribution in [0.3, 0.4) is 0 Å². The fraction of sp³-hybridized carbons (Fsp3) is 0.0909. The summed E-state index contributed by atoms with van der Waals surface area (Å²) in [6.45, 7) is 0.368. The molecule has 1 heterocycles. The Morgan fingerprint density at radius 3 is 2.66 bits per heavy atom. The molecular weight excluding hydrogens is 454 g/mol. The fourth-order valence-corrected chi connectivity index (χ4v) is 3.53. The van der Waals surface area contributed by atoms with Crippen molar-refractivity contribution in [1.29, 1.82) is 0 Å². The number of imidazole rings is 1. The average molecular weight is 471 g/mol. The molecule has 5 nitrogen and oxygen atoms in total. The van der Waals surface area contributed by atoms with E-state index in [0.717, 1.165) is 21.2 Å². The molecule has 1 N–H and O–H groups in total. The summed E-state index contributed by atoms with van der Waals surface area (Å²) in [6, 6.07) is 22.3. The SMILES string of the molecule is O=C(Cn1c(COc2ccc(Cl)cc2)nc2ccccc21)Nc1cccc(Br)c1. The number of nitrogens with zero attached hydrogens (tertiary/aromatic N) is 2. The molecule has 0 unspecified atom stereocenters. The van der Waals surface area contributed by atoms with Crippen molar-refractivity contribution in [1.82, 2.24) is 9.55 Å². The van der Waals surface area contributed by atoms with Gasteiger partial charge in [0.15, 0.2) is 0 Å². The highest BCUT2D eigenvalue weighted by molar-refractivity contribution is 9.10. The van der Waals surface area contributed by atoms with Gasteiger partial charge in [0.05, 0.1) is 11.0 Å². The summed E-state index contributed by atoms with van der Waals surface area (Å²) >= 11 is 9.33. The minimum atomic E-state index is -0.140. The summed E-state index contributed by atoms with van der Waals surface area (Å²) in [5, 5.41) is 3.57. The molecule has 0 saturated heterocycles. The zero-order valence-corrected chi connectivity index (χ0v) is 17.7. The number of halogens is 2. The highest BCUT2D eigenvalue weighted by Gasteiger charge is 2.14. The van der Waals surface area contributed by atoms with Crippen molar-refractivity contribution in [3.8, 4) is 5.75 Å². The number of hydrogen-bond donors (Lipinski definition) is 1.